The van der Waals surface area contributed by atoms with Crippen molar-refractivity contribution in [3.8, 4) is 0 Å². The van der Waals surface area contributed by atoms with Crippen LogP contribution >= 0.6 is 0 Å². The summed E-state index contributed by atoms with van der Waals surface area (Å²) in [6.07, 6.45) is 0. The summed E-state index contributed by atoms with van der Waals surface area (Å²) in [5, 5.41) is 0. The Balaban J connectivity index is 1.72. The normalized spacial score (nSPS) is 20.5. The summed E-state index contributed by atoms with van der Waals surface area (Å²) in [6.45, 7) is 3.20. The molecule has 1 aromatic carbocycles. The topological polar surface area (TPSA) is 114 Å². The summed E-state index contributed by atoms with van der Waals surface area (Å²) in [5.41, 5.74) is 0.696. The van der Waals surface area contributed by atoms with Crippen LogP contribution in [-0.4, -0.2) is 95.3 Å². The van der Waals surface area contributed by atoms with Gasteiger partial charge >= 0.3 is 5.97 Å². The first-order valence-electron chi connectivity index (χ1n) is 9.20. The van der Waals surface area contributed by atoms with Crippen molar-refractivity contribution in [2.45, 2.75) is 11.8 Å². The van der Waals surface area contributed by atoms with E-state index in [9.17, 15) is 21.6 Å². The highest BCUT2D eigenvalue weighted by atomic mass is 32.2. The van der Waals surface area contributed by atoms with E-state index in [4.69, 9.17) is 4.74 Å². The minimum Gasteiger partial charge on any atom is -0.465 e. The Morgan fingerprint density at radius 1 is 0.931 bits per heavy atom. The number of carbonyl (C=O) groups is 1. The van der Waals surface area contributed by atoms with Crippen molar-refractivity contribution in [2.24, 2.45) is 0 Å². The summed E-state index contributed by atoms with van der Waals surface area (Å²) in [7, 11) is -6.18. The third-order valence-corrected chi connectivity index (χ3v) is 9.13. The second kappa shape index (κ2) is 8.66. The molecule has 29 heavy (non-hydrogen) atoms. The van der Waals surface area contributed by atoms with Crippen molar-refractivity contribution < 1.29 is 31.1 Å². The maximum absolute atomic E-state index is 13.0. The smallest absolute Gasteiger partial charge is 0.337 e. The average Bonchev–Trinajstić information content (AvgIpc) is 2.73. The molecule has 0 amide bonds. The van der Waals surface area contributed by atoms with Crippen molar-refractivity contribution >= 4 is 26.2 Å². The molecule has 2 aliphatic rings. The van der Waals surface area contributed by atoms with Gasteiger partial charge in [-0.1, -0.05) is 0 Å². The van der Waals surface area contributed by atoms with Crippen LogP contribution in [0.25, 0.3) is 0 Å². The number of nitrogens with zero attached hydrogens (tertiary/aromatic N) is 3. The van der Waals surface area contributed by atoms with Gasteiger partial charge in [-0.05, 0) is 30.7 Å². The number of piperazine rings is 1. The highest BCUT2D eigenvalue weighted by Crippen LogP contribution is 2.24. The number of sulfonamides is 1. The van der Waals surface area contributed by atoms with E-state index in [2.05, 4.69) is 4.74 Å². The lowest BCUT2D eigenvalue weighted by Gasteiger charge is -2.37. The Labute approximate surface area is 171 Å². The predicted octanol–water partition coefficient (Wildman–Crippen LogP) is -0.335. The first kappa shape index (κ1) is 22.1. The lowest BCUT2D eigenvalue weighted by molar-refractivity contribution is 0.0600. The van der Waals surface area contributed by atoms with Crippen molar-refractivity contribution in [1.29, 1.82) is 0 Å². The number of rotatable bonds is 5. The van der Waals surface area contributed by atoms with Gasteiger partial charge < -0.3 is 9.47 Å². The van der Waals surface area contributed by atoms with Crippen molar-refractivity contribution in [3.63, 3.8) is 0 Å². The molecule has 0 bridgehead atoms. The Hall–Kier alpha value is -1.57. The standard InChI is InChI=1S/C17H25N3O7S2/c1-14-13-15(17(21)26-2)3-4-16(14)28(22,23)18-5-7-19(8-6-18)29(24,25)20-9-11-27-12-10-20/h3-4,13H,5-12H2,1-2H3. The van der Waals surface area contributed by atoms with E-state index in [-0.39, 0.29) is 36.6 Å². The van der Waals surface area contributed by atoms with Crippen LogP contribution in [-0.2, 0) is 29.7 Å². The van der Waals surface area contributed by atoms with Gasteiger partial charge in [0.15, 0.2) is 0 Å². The molecule has 0 aromatic heterocycles. The maximum atomic E-state index is 13.0. The molecule has 2 aliphatic heterocycles. The molecule has 2 heterocycles. The van der Waals surface area contributed by atoms with Crippen LogP contribution in [0.4, 0.5) is 0 Å². The first-order chi connectivity index (χ1) is 13.7. The molecule has 1 aromatic rings. The van der Waals surface area contributed by atoms with E-state index >= 15 is 0 Å². The van der Waals surface area contributed by atoms with Crippen LogP contribution in [0.5, 0.6) is 0 Å². The SMILES string of the molecule is COC(=O)c1ccc(S(=O)(=O)N2CCN(S(=O)(=O)N3CCOCC3)CC2)c(C)c1. The molecule has 0 atom stereocenters. The van der Waals surface area contributed by atoms with Gasteiger partial charge in [-0.25, -0.2) is 13.2 Å². The Morgan fingerprint density at radius 3 is 2.03 bits per heavy atom. The van der Waals surface area contributed by atoms with E-state index in [0.717, 1.165) is 0 Å². The molecule has 0 N–H and O–H groups in total. The Kier molecular flexibility index (Phi) is 6.61. The minimum absolute atomic E-state index is 0.0596. The Bertz CT molecular complexity index is 965. The number of ether oxygens (including phenoxy) is 2. The van der Waals surface area contributed by atoms with Gasteiger partial charge in [-0.15, -0.1) is 0 Å². The molecular formula is C17H25N3O7S2. The largest absolute Gasteiger partial charge is 0.465 e. The van der Waals surface area contributed by atoms with Crippen LogP contribution in [0.15, 0.2) is 23.1 Å². The molecule has 0 saturated carbocycles. The molecule has 2 fully saturated rings. The Morgan fingerprint density at radius 2 is 1.48 bits per heavy atom. The van der Waals surface area contributed by atoms with Gasteiger partial charge in [-0.2, -0.15) is 21.3 Å². The molecule has 10 nitrogen and oxygen atoms in total. The minimum atomic E-state index is -3.81. The summed E-state index contributed by atoms with van der Waals surface area (Å²) in [4.78, 5) is 11.7. The lowest BCUT2D eigenvalue weighted by Crippen LogP contribution is -2.55. The molecule has 162 valence electrons. The van der Waals surface area contributed by atoms with Crippen molar-refractivity contribution in [1.82, 2.24) is 12.9 Å². The lowest BCUT2D eigenvalue weighted by atomic mass is 10.1. The highest BCUT2D eigenvalue weighted by Gasteiger charge is 2.36. The zero-order valence-corrected chi connectivity index (χ0v) is 18.0. The number of esters is 1. The molecule has 0 spiro atoms. The van der Waals surface area contributed by atoms with Crippen molar-refractivity contribution in [3.05, 3.63) is 29.3 Å². The number of morpholine rings is 1. The molecule has 0 unspecified atom stereocenters. The van der Waals surface area contributed by atoms with Gasteiger partial charge in [0, 0.05) is 39.3 Å². The number of hydrogen-bond donors (Lipinski definition) is 0. The number of aryl methyl sites for hydroxylation is 1. The van der Waals surface area contributed by atoms with E-state index in [1.807, 2.05) is 0 Å². The van der Waals surface area contributed by atoms with Crippen LogP contribution in [0.1, 0.15) is 15.9 Å². The average molecular weight is 448 g/mol. The second-order valence-corrected chi connectivity index (χ2v) is 10.6. The van der Waals surface area contributed by atoms with Gasteiger partial charge in [0.25, 0.3) is 10.2 Å². The predicted molar refractivity (Wildman–Crippen MR) is 104 cm³/mol. The number of methoxy groups -OCH3 is 1. The highest BCUT2D eigenvalue weighted by molar-refractivity contribution is 7.89. The quantitative estimate of drug-likeness (QED) is 0.568. The van der Waals surface area contributed by atoms with Gasteiger partial charge in [0.05, 0.1) is 30.8 Å². The molecule has 3 rings (SSSR count). The number of hydrogen-bond acceptors (Lipinski definition) is 7. The van der Waals surface area contributed by atoms with E-state index in [0.29, 0.717) is 31.9 Å². The summed E-state index contributed by atoms with van der Waals surface area (Å²) < 4.78 is 65.3. The number of benzene rings is 1. The van der Waals surface area contributed by atoms with Gasteiger partial charge in [0.1, 0.15) is 0 Å². The zero-order chi connectivity index (χ0) is 21.2. The molecule has 12 heteroatoms. The van der Waals surface area contributed by atoms with E-state index in [1.54, 1.807) is 6.92 Å². The molecule has 2 saturated heterocycles. The second-order valence-electron chi connectivity index (χ2n) is 6.79. The van der Waals surface area contributed by atoms with E-state index in [1.165, 1.54) is 38.2 Å². The van der Waals surface area contributed by atoms with Gasteiger partial charge in [0.2, 0.25) is 10.0 Å². The van der Waals surface area contributed by atoms with Gasteiger partial charge in [-0.3, -0.25) is 0 Å². The third kappa shape index (κ3) is 4.47. The fourth-order valence-electron chi connectivity index (χ4n) is 3.40. The monoisotopic (exact) mass is 447 g/mol. The van der Waals surface area contributed by atoms with Crippen LogP contribution in [0, 0.1) is 6.92 Å². The molecular weight excluding hydrogens is 422 g/mol. The fraction of sp³-hybridized carbons (Fsp3) is 0.588. The fourth-order valence-corrected chi connectivity index (χ4v) is 6.59. The summed E-state index contributed by atoms with van der Waals surface area (Å²) >= 11 is 0. The van der Waals surface area contributed by atoms with Crippen LogP contribution < -0.4 is 0 Å². The molecule has 0 aliphatic carbocycles. The third-order valence-electron chi connectivity index (χ3n) is 5.03. The van der Waals surface area contributed by atoms with Crippen LogP contribution in [0.3, 0.4) is 0 Å². The number of carbonyl (C=O) groups excluding carboxylic acids is 1. The van der Waals surface area contributed by atoms with E-state index < -0.39 is 26.2 Å². The first-order valence-corrected chi connectivity index (χ1v) is 12.0. The van der Waals surface area contributed by atoms with Crippen LogP contribution in [0.2, 0.25) is 0 Å². The van der Waals surface area contributed by atoms with Crippen molar-refractivity contribution in [2.75, 3.05) is 59.6 Å². The molecule has 0 radical (unpaired) electrons. The summed E-state index contributed by atoms with van der Waals surface area (Å²) in [5.74, 6) is -0.543. The maximum Gasteiger partial charge on any atom is 0.337 e. The zero-order valence-electron chi connectivity index (χ0n) is 16.4. The summed E-state index contributed by atoms with van der Waals surface area (Å²) in [6, 6.07) is 4.26.